The molecule has 3 aromatic rings. The van der Waals surface area contributed by atoms with Crippen molar-refractivity contribution in [2.45, 2.75) is 19.4 Å². The summed E-state index contributed by atoms with van der Waals surface area (Å²) < 4.78 is 10.1. The zero-order valence-corrected chi connectivity index (χ0v) is 17.5. The highest BCUT2D eigenvalue weighted by Gasteiger charge is 2.25. The van der Waals surface area contributed by atoms with Gasteiger partial charge in [-0.1, -0.05) is 0 Å². The average molecular weight is 412 g/mol. The minimum absolute atomic E-state index is 0.278. The summed E-state index contributed by atoms with van der Waals surface area (Å²) >= 11 is 1.72. The molecule has 5 heterocycles. The second-order valence-corrected chi connectivity index (χ2v) is 8.74. The van der Waals surface area contributed by atoms with Crippen LogP contribution in [0, 0.1) is 0 Å². The Balaban J connectivity index is 1.62. The molecule has 0 bridgehead atoms. The van der Waals surface area contributed by atoms with Gasteiger partial charge in [-0.2, -0.15) is 0 Å². The molecule has 0 amide bonds. The maximum atomic E-state index is 5.64. The number of nitrogens with one attached hydrogen (secondary N) is 1. The van der Waals surface area contributed by atoms with Crippen LogP contribution in [0.4, 0.5) is 11.6 Å². The molecule has 0 aliphatic carbocycles. The number of aromatic amines is 1. The Morgan fingerprint density at radius 1 is 1.17 bits per heavy atom. The molecule has 2 aliphatic heterocycles. The van der Waals surface area contributed by atoms with Crippen molar-refractivity contribution in [3.05, 3.63) is 30.6 Å². The fraction of sp³-hybridized carbons (Fsp3) is 0.450. The van der Waals surface area contributed by atoms with Crippen LogP contribution >= 0.6 is 12.1 Å². The normalized spacial score (nSPS) is 21.1. The molecule has 0 aromatic carbocycles. The number of H-pyrrole nitrogens is 1. The number of hydrogen-bond acceptors (Lipinski definition) is 8. The third-order valence-corrected chi connectivity index (χ3v) is 6.42. The van der Waals surface area contributed by atoms with E-state index in [4.69, 9.17) is 14.7 Å². The summed E-state index contributed by atoms with van der Waals surface area (Å²) in [6, 6.07) is 6.43. The lowest BCUT2D eigenvalue weighted by Crippen LogP contribution is -2.44. The van der Waals surface area contributed by atoms with Crippen molar-refractivity contribution in [3.8, 4) is 11.4 Å². The number of nitrogens with zero attached hydrogens (tertiary/aromatic N) is 6. The third kappa shape index (κ3) is 3.65. The largest absolute Gasteiger partial charge is 0.377 e. The first-order valence-corrected chi connectivity index (χ1v) is 10.7. The number of morpholine rings is 1. The van der Waals surface area contributed by atoms with Crippen LogP contribution in [-0.4, -0.2) is 70.2 Å². The molecule has 8 nitrogen and oxygen atoms in total. The van der Waals surface area contributed by atoms with Gasteiger partial charge in [0, 0.05) is 61.2 Å². The van der Waals surface area contributed by atoms with E-state index in [1.54, 1.807) is 12.1 Å². The standard InChI is InChI=1S/C20H25N7OS/c1-14-13-28-11-10-26(14)17-12-18(27-9-3-8-25(2)29-27)24-20(23-17)16-5-7-22-19-15(16)4-6-21-19/h4-7,12,14H,3,8-11,13H2,1-2H3,(H,21,22). The molecular weight excluding hydrogens is 386 g/mol. The van der Waals surface area contributed by atoms with Crippen LogP contribution in [0.15, 0.2) is 30.6 Å². The summed E-state index contributed by atoms with van der Waals surface area (Å²) in [6.07, 6.45) is 4.83. The van der Waals surface area contributed by atoms with Gasteiger partial charge in [0.05, 0.1) is 19.3 Å². The number of aromatic nitrogens is 4. The predicted molar refractivity (Wildman–Crippen MR) is 117 cm³/mol. The van der Waals surface area contributed by atoms with Crippen LogP contribution in [0.3, 0.4) is 0 Å². The zero-order valence-electron chi connectivity index (χ0n) is 16.7. The summed E-state index contributed by atoms with van der Waals surface area (Å²) in [6.45, 7) is 6.51. The van der Waals surface area contributed by atoms with Crippen molar-refractivity contribution >= 4 is 34.8 Å². The minimum atomic E-state index is 0.278. The van der Waals surface area contributed by atoms with Crippen LogP contribution in [-0.2, 0) is 4.74 Å². The number of pyridine rings is 1. The first kappa shape index (κ1) is 18.7. The molecule has 152 valence electrons. The first-order chi connectivity index (χ1) is 14.2. The van der Waals surface area contributed by atoms with E-state index in [9.17, 15) is 0 Å². The van der Waals surface area contributed by atoms with Crippen molar-refractivity contribution < 1.29 is 4.74 Å². The van der Waals surface area contributed by atoms with Crippen molar-refractivity contribution in [1.82, 2.24) is 24.2 Å². The Labute approximate surface area is 174 Å². The molecule has 0 spiro atoms. The topological polar surface area (TPSA) is 73.4 Å². The molecule has 9 heteroatoms. The Morgan fingerprint density at radius 3 is 2.93 bits per heavy atom. The molecule has 5 rings (SSSR count). The van der Waals surface area contributed by atoms with E-state index in [1.165, 1.54) is 0 Å². The lowest BCUT2D eigenvalue weighted by atomic mass is 10.1. The maximum absolute atomic E-state index is 5.64. The maximum Gasteiger partial charge on any atom is 0.164 e. The van der Waals surface area contributed by atoms with Gasteiger partial charge in [0.15, 0.2) is 5.82 Å². The highest BCUT2D eigenvalue weighted by molar-refractivity contribution is 7.98. The van der Waals surface area contributed by atoms with Gasteiger partial charge in [0.2, 0.25) is 0 Å². The smallest absolute Gasteiger partial charge is 0.164 e. The van der Waals surface area contributed by atoms with E-state index < -0.39 is 0 Å². The fourth-order valence-corrected chi connectivity index (χ4v) is 4.82. The average Bonchev–Trinajstić information content (AvgIpc) is 3.23. The van der Waals surface area contributed by atoms with E-state index >= 15 is 0 Å². The Kier molecular flexibility index (Phi) is 5.03. The van der Waals surface area contributed by atoms with Gasteiger partial charge < -0.3 is 14.6 Å². The molecule has 2 fully saturated rings. The Hall–Kier alpha value is -2.36. The Morgan fingerprint density at radius 2 is 2.07 bits per heavy atom. The molecule has 0 saturated carbocycles. The van der Waals surface area contributed by atoms with Crippen molar-refractivity contribution in [2.24, 2.45) is 0 Å². The summed E-state index contributed by atoms with van der Waals surface area (Å²) in [5.74, 6) is 2.63. The number of anilines is 2. The monoisotopic (exact) mass is 411 g/mol. The van der Waals surface area contributed by atoms with Gasteiger partial charge in [-0.3, -0.25) is 4.31 Å². The molecule has 0 radical (unpaired) electrons. The minimum Gasteiger partial charge on any atom is -0.377 e. The van der Waals surface area contributed by atoms with Gasteiger partial charge in [0.25, 0.3) is 0 Å². The molecule has 3 aromatic heterocycles. The zero-order chi connectivity index (χ0) is 19.8. The van der Waals surface area contributed by atoms with Gasteiger partial charge in [0.1, 0.15) is 17.3 Å². The number of hydrogen-bond donors (Lipinski definition) is 1. The van der Waals surface area contributed by atoms with Gasteiger partial charge in [-0.05, 0) is 32.5 Å². The SMILES string of the molecule is CC1COCCN1c1cc(N2CCCN(C)S2)nc(-c2ccnc3[nH]ccc23)n1. The third-order valence-electron chi connectivity index (χ3n) is 5.39. The molecule has 1 unspecified atom stereocenters. The summed E-state index contributed by atoms with van der Waals surface area (Å²) in [5.41, 5.74) is 1.85. The van der Waals surface area contributed by atoms with E-state index in [-0.39, 0.29) is 6.04 Å². The number of ether oxygens (including phenoxy) is 1. The number of fused-ring (bicyclic) bond motifs is 1. The highest BCUT2D eigenvalue weighted by Crippen LogP contribution is 2.33. The van der Waals surface area contributed by atoms with E-state index in [1.807, 2.05) is 24.5 Å². The molecule has 2 saturated heterocycles. The van der Waals surface area contributed by atoms with Crippen LogP contribution in [0.5, 0.6) is 0 Å². The summed E-state index contributed by atoms with van der Waals surface area (Å²) in [7, 11) is 2.12. The van der Waals surface area contributed by atoms with Gasteiger partial charge in [-0.15, -0.1) is 0 Å². The van der Waals surface area contributed by atoms with Crippen LogP contribution in [0.2, 0.25) is 0 Å². The van der Waals surface area contributed by atoms with Gasteiger partial charge in [-0.25, -0.2) is 19.3 Å². The summed E-state index contributed by atoms with van der Waals surface area (Å²) in [4.78, 5) is 19.9. The first-order valence-electron chi connectivity index (χ1n) is 10.0. The predicted octanol–water partition coefficient (Wildman–Crippen LogP) is 2.95. The quantitative estimate of drug-likeness (QED) is 0.660. The van der Waals surface area contributed by atoms with Crippen molar-refractivity contribution in [2.75, 3.05) is 49.1 Å². The van der Waals surface area contributed by atoms with Crippen molar-refractivity contribution in [3.63, 3.8) is 0 Å². The molecule has 1 atom stereocenters. The second kappa shape index (κ2) is 7.81. The van der Waals surface area contributed by atoms with Crippen LogP contribution in [0.25, 0.3) is 22.4 Å². The molecular formula is C20H25N7OS. The molecule has 1 N–H and O–H groups in total. The summed E-state index contributed by atoms with van der Waals surface area (Å²) in [5, 5.41) is 1.04. The lowest BCUT2D eigenvalue weighted by molar-refractivity contribution is 0.0985. The lowest BCUT2D eigenvalue weighted by Gasteiger charge is -2.36. The number of rotatable bonds is 3. The Bertz CT molecular complexity index is 1010. The van der Waals surface area contributed by atoms with Crippen LogP contribution in [0.1, 0.15) is 13.3 Å². The van der Waals surface area contributed by atoms with E-state index in [0.717, 1.165) is 66.7 Å². The molecule has 29 heavy (non-hydrogen) atoms. The van der Waals surface area contributed by atoms with E-state index in [2.05, 4.69) is 43.5 Å². The van der Waals surface area contributed by atoms with Gasteiger partial charge >= 0.3 is 0 Å². The fourth-order valence-electron chi connectivity index (χ4n) is 3.88. The second-order valence-electron chi connectivity index (χ2n) is 7.51. The van der Waals surface area contributed by atoms with E-state index in [0.29, 0.717) is 6.61 Å². The highest BCUT2D eigenvalue weighted by atomic mass is 32.2. The van der Waals surface area contributed by atoms with Crippen molar-refractivity contribution in [1.29, 1.82) is 0 Å². The van der Waals surface area contributed by atoms with Crippen LogP contribution < -0.4 is 9.21 Å². The molecule has 2 aliphatic rings.